The second kappa shape index (κ2) is 6.93. The summed E-state index contributed by atoms with van der Waals surface area (Å²) in [7, 11) is 1.67. The van der Waals surface area contributed by atoms with E-state index in [-0.39, 0.29) is 11.9 Å². The summed E-state index contributed by atoms with van der Waals surface area (Å²) in [6.07, 6.45) is 0.836. The van der Waals surface area contributed by atoms with Gasteiger partial charge in [-0.1, -0.05) is 36.4 Å². The van der Waals surface area contributed by atoms with Gasteiger partial charge in [0.05, 0.1) is 7.11 Å². The predicted octanol–water partition coefficient (Wildman–Crippen LogP) is 3.43. The molecule has 0 aliphatic rings. The van der Waals surface area contributed by atoms with Crippen molar-refractivity contribution in [1.82, 2.24) is 5.32 Å². The quantitative estimate of drug-likeness (QED) is 0.913. The first kappa shape index (κ1) is 15.1. The molecule has 21 heavy (non-hydrogen) atoms. The number of amides is 1. The van der Waals surface area contributed by atoms with Gasteiger partial charge >= 0.3 is 0 Å². The molecule has 2 aromatic rings. The third kappa shape index (κ3) is 4.35. The molecule has 2 aromatic carbocycles. The van der Waals surface area contributed by atoms with Crippen molar-refractivity contribution < 1.29 is 9.53 Å². The molecule has 0 aliphatic heterocycles. The molecule has 0 bridgehead atoms. The molecular weight excluding hydrogens is 262 g/mol. The highest BCUT2D eigenvalue weighted by molar-refractivity contribution is 5.73. The van der Waals surface area contributed by atoms with Gasteiger partial charge < -0.3 is 10.1 Å². The highest BCUT2D eigenvalue weighted by atomic mass is 16.5. The Morgan fingerprint density at radius 2 is 1.57 bits per heavy atom. The molecular formula is C18H21NO2. The number of benzene rings is 2. The Morgan fingerprint density at radius 1 is 1.05 bits per heavy atom. The first-order valence-electron chi connectivity index (χ1n) is 7.09. The van der Waals surface area contributed by atoms with Crippen molar-refractivity contribution in [2.24, 2.45) is 0 Å². The molecule has 0 saturated carbocycles. The number of ether oxygens (including phenoxy) is 1. The Balaban J connectivity index is 2.05. The average Bonchev–Trinajstić information content (AvgIpc) is 2.47. The normalized spacial score (nSPS) is 11.8. The minimum atomic E-state index is 0.0114. The fourth-order valence-corrected chi connectivity index (χ4v) is 2.37. The maximum absolute atomic E-state index is 11.0. The van der Waals surface area contributed by atoms with Crippen LogP contribution in [0.3, 0.4) is 0 Å². The first-order valence-corrected chi connectivity index (χ1v) is 7.09. The standard InChI is InChI=1S/C18H21NO2/c1-13(19-14(2)20)12-15-4-6-16(7-5-15)17-8-10-18(21-3)11-9-17/h4-11,13H,12H2,1-3H3,(H,19,20). The van der Waals surface area contributed by atoms with E-state index in [9.17, 15) is 4.79 Å². The van der Waals surface area contributed by atoms with Crippen LogP contribution in [0.2, 0.25) is 0 Å². The minimum absolute atomic E-state index is 0.0114. The average molecular weight is 283 g/mol. The third-order valence-corrected chi connectivity index (χ3v) is 3.37. The summed E-state index contributed by atoms with van der Waals surface area (Å²) < 4.78 is 5.17. The van der Waals surface area contributed by atoms with Crippen LogP contribution in [0.25, 0.3) is 11.1 Å². The molecule has 2 rings (SSSR count). The molecule has 0 saturated heterocycles. The van der Waals surface area contributed by atoms with Gasteiger partial charge in [0.25, 0.3) is 0 Å². The molecule has 0 aliphatic carbocycles. The van der Waals surface area contributed by atoms with Crippen LogP contribution in [-0.2, 0) is 11.2 Å². The molecule has 1 atom stereocenters. The summed E-state index contributed by atoms with van der Waals surface area (Å²) in [6.45, 7) is 3.56. The number of rotatable bonds is 5. The van der Waals surface area contributed by atoms with Gasteiger partial charge in [-0.05, 0) is 42.2 Å². The number of hydrogen-bond donors (Lipinski definition) is 1. The number of nitrogens with one attached hydrogen (secondary N) is 1. The number of methoxy groups -OCH3 is 1. The zero-order valence-corrected chi connectivity index (χ0v) is 12.7. The van der Waals surface area contributed by atoms with Gasteiger partial charge in [-0.25, -0.2) is 0 Å². The van der Waals surface area contributed by atoms with E-state index in [1.807, 2.05) is 31.2 Å². The third-order valence-electron chi connectivity index (χ3n) is 3.37. The fourth-order valence-electron chi connectivity index (χ4n) is 2.37. The van der Waals surface area contributed by atoms with E-state index in [0.29, 0.717) is 0 Å². The van der Waals surface area contributed by atoms with Gasteiger partial charge in [0, 0.05) is 13.0 Å². The molecule has 0 fully saturated rings. The van der Waals surface area contributed by atoms with Gasteiger partial charge in [0.1, 0.15) is 5.75 Å². The van der Waals surface area contributed by atoms with Crippen LogP contribution in [0, 0.1) is 0 Å². The van der Waals surface area contributed by atoms with Gasteiger partial charge in [-0.2, -0.15) is 0 Å². The Bertz CT molecular complexity index is 588. The van der Waals surface area contributed by atoms with Crippen LogP contribution >= 0.6 is 0 Å². The Hall–Kier alpha value is -2.29. The van der Waals surface area contributed by atoms with Crippen molar-refractivity contribution in [3.05, 3.63) is 54.1 Å². The largest absolute Gasteiger partial charge is 0.497 e. The number of carbonyl (C=O) groups is 1. The molecule has 1 N–H and O–H groups in total. The van der Waals surface area contributed by atoms with E-state index in [2.05, 4.69) is 29.6 Å². The zero-order chi connectivity index (χ0) is 15.2. The first-order chi connectivity index (χ1) is 10.1. The van der Waals surface area contributed by atoms with E-state index < -0.39 is 0 Å². The number of hydrogen-bond acceptors (Lipinski definition) is 2. The van der Waals surface area contributed by atoms with E-state index in [4.69, 9.17) is 4.74 Å². The Morgan fingerprint density at radius 3 is 2.05 bits per heavy atom. The summed E-state index contributed by atoms with van der Waals surface area (Å²) in [6, 6.07) is 16.6. The Labute approximate surface area is 126 Å². The van der Waals surface area contributed by atoms with Crippen molar-refractivity contribution in [2.75, 3.05) is 7.11 Å². The van der Waals surface area contributed by atoms with Crippen LogP contribution in [0.1, 0.15) is 19.4 Å². The molecule has 1 amide bonds. The highest BCUT2D eigenvalue weighted by Gasteiger charge is 2.05. The van der Waals surface area contributed by atoms with Crippen LogP contribution in [0.4, 0.5) is 0 Å². The summed E-state index contributed by atoms with van der Waals surface area (Å²) in [5.74, 6) is 0.872. The van der Waals surface area contributed by atoms with Gasteiger partial charge in [0.15, 0.2) is 0 Å². The lowest BCUT2D eigenvalue weighted by Gasteiger charge is -2.12. The zero-order valence-electron chi connectivity index (χ0n) is 12.7. The number of carbonyl (C=O) groups excluding carboxylic acids is 1. The summed E-state index contributed by atoms with van der Waals surface area (Å²) >= 11 is 0. The lowest BCUT2D eigenvalue weighted by Crippen LogP contribution is -2.31. The maximum atomic E-state index is 11.0. The van der Waals surface area contributed by atoms with E-state index in [1.54, 1.807) is 14.0 Å². The fraction of sp³-hybridized carbons (Fsp3) is 0.278. The summed E-state index contributed by atoms with van der Waals surface area (Å²) in [5, 5.41) is 2.90. The second-order valence-corrected chi connectivity index (χ2v) is 5.23. The molecule has 3 nitrogen and oxygen atoms in total. The van der Waals surface area contributed by atoms with Gasteiger partial charge in [-0.3, -0.25) is 4.79 Å². The summed E-state index contributed by atoms with van der Waals surface area (Å²) in [5.41, 5.74) is 3.55. The molecule has 0 radical (unpaired) electrons. The molecule has 0 heterocycles. The van der Waals surface area contributed by atoms with Crippen molar-refractivity contribution in [2.45, 2.75) is 26.3 Å². The van der Waals surface area contributed by atoms with Crippen LogP contribution in [-0.4, -0.2) is 19.1 Å². The molecule has 3 heteroatoms. The summed E-state index contributed by atoms with van der Waals surface area (Å²) in [4.78, 5) is 11.0. The minimum Gasteiger partial charge on any atom is -0.497 e. The smallest absolute Gasteiger partial charge is 0.217 e. The SMILES string of the molecule is COc1ccc(-c2ccc(CC(C)NC(C)=O)cc2)cc1. The lowest BCUT2D eigenvalue weighted by atomic mass is 10.0. The predicted molar refractivity (Wildman–Crippen MR) is 85.4 cm³/mol. The Kier molecular flexibility index (Phi) is 4.99. The lowest BCUT2D eigenvalue weighted by molar-refractivity contribution is -0.119. The van der Waals surface area contributed by atoms with E-state index in [0.717, 1.165) is 17.7 Å². The van der Waals surface area contributed by atoms with Crippen LogP contribution in [0.5, 0.6) is 5.75 Å². The monoisotopic (exact) mass is 283 g/mol. The molecule has 0 aromatic heterocycles. The highest BCUT2D eigenvalue weighted by Crippen LogP contribution is 2.22. The topological polar surface area (TPSA) is 38.3 Å². The van der Waals surface area contributed by atoms with Crippen LogP contribution in [0.15, 0.2) is 48.5 Å². The van der Waals surface area contributed by atoms with E-state index >= 15 is 0 Å². The van der Waals surface area contributed by atoms with Crippen molar-refractivity contribution >= 4 is 5.91 Å². The van der Waals surface area contributed by atoms with Crippen molar-refractivity contribution in [3.8, 4) is 16.9 Å². The molecule has 110 valence electrons. The van der Waals surface area contributed by atoms with Gasteiger partial charge in [-0.15, -0.1) is 0 Å². The maximum Gasteiger partial charge on any atom is 0.217 e. The molecule has 1 unspecified atom stereocenters. The molecule has 0 spiro atoms. The second-order valence-electron chi connectivity index (χ2n) is 5.23. The van der Waals surface area contributed by atoms with Crippen LogP contribution < -0.4 is 10.1 Å². The van der Waals surface area contributed by atoms with Crippen molar-refractivity contribution in [1.29, 1.82) is 0 Å². The van der Waals surface area contributed by atoms with Crippen molar-refractivity contribution in [3.63, 3.8) is 0 Å². The van der Waals surface area contributed by atoms with Gasteiger partial charge in [0.2, 0.25) is 5.91 Å². The van der Waals surface area contributed by atoms with E-state index in [1.165, 1.54) is 11.1 Å².